The third-order valence-corrected chi connectivity index (χ3v) is 4.51. The third-order valence-electron chi connectivity index (χ3n) is 4.51. The van der Waals surface area contributed by atoms with Gasteiger partial charge in [-0.1, -0.05) is 17.2 Å². The van der Waals surface area contributed by atoms with E-state index in [1.54, 1.807) is 0 Å². The zero-order chi connectivity index (χ0) is 13.9. The Bertz CT molecular complexity index is 606. The van der Waals surface area contributed by atoms with Crippen molar-refractivity contribution in [3.05, 3.63) is 29.8 Å². The summed E-state index contributed by atoms with van der Waals surface area (Å²) in [6.45, 7) is 1.62. The molecule has 5 nitrogen and oxygen atoms in total. The molecule has 1 aromatic rings. The van der Waals surface area contributed by atoms with Gasteiger partial charge in [-0.05, 0) is 12.5 Å². The number of carbonyl (C=O) groups excluding carboxylic acids is 1. The van der Waals surface area contributed by atoms with Gasteiger partial charge in [-0.3, -0.25) is 4.79 Å². The van der Waals surface area contributed by atoms with Crippen molar-refractivity contribution in [1.29, 1.82) is 0 Å². The number of fused-ring (bicyclic) bond motifs is 3. The average Bonchev–Trinajstić information content (AvgIpc) is 2.70. The molecule has 0 spiro atoms. The molecule has 4 heterocycles. The maximum atomic E-state index is 12.8. The lowest BCUT2D eigenvalue weighted by molar-refractivity contribution is -0.127. The first-order chi connectivity index (χ1) is 9.54. The van der Waals surface area contributed by atoms with Gasteiger partial charge in [0.2, 0.25) is 0 Å². The van der Waals surface area contributed by atoms with E-state index in [4.69, 9.17) is 0 Å². The highest BCUT2D eigenvalue weighted by atomic mass is 16.2. The van der Waals surface area contributed by atoms with Crippen LogP contribution in [-0.4, -0.2) is 55.8 Å². The Morgan fingerprint density at radius 3 is 2.65 bits per heavy atom. The van der Waals surface area contributed by atoms with Gasteiger partial charge in [-0.15, -0.1) is 0 Å². The van der Waals surface area contributed by atoms with E-state index in [0.29, 0.717) is 22.4 Å². The zero-order valence-corrected chi connectivity index (χ0v) is 11.8. The molecule has 1 aromatic carbocycles. The molecule has 0 radical (unpaired) electrons. The molecule has 0 aromatic heterocycles. The quantitative estimate of drug-likeness (QED) is 0.758. The number of amides is 1. The number of nitrogens with zero attached hydrogens (tertiary/aromatic N) is 3. The van der Waals surface area contributed by atoms with Crippen molar-refractivity contribution in [2.45, 2.75) is 18.5 Å². The normalized spacial score (nSPS) is 29.5. The lowest BCUT2D eigenvalue weighted by Crippen LogP contribution is -2.68. The maximum Gasteiger partial charge on any atom is 0.278 e. The molecule has 0 aliphatic carbocycles. The van der Waals surface area contributed by atoms with Crippen LogP contribution in [-0.2, 0) is 4.79 Å². The van der Waals surface area contributed by atoms with Crippen molar-refractivity contribution in [2.75, 3.05) is 27.2 Å². The molecule has 5 heteroatoms. The van der Waals surface area contributed by atoms with Crippen LogP contribution in [0.2, 0.25) is 0 Å². The number of carbonyl (C=O) groups is 1. The topological polar surface area (TPSA) is 44.7 Å². The van der Waals surface area contributed by atoms with E-state index >= 15 is 0 Å². The monoisotopic (exact) mass is 271 g/mol. The highest BCUT2D eigenvalue weighted by Crippen LogP contribution is 2.32. The Balaban J connectivity index is 1.67. The molecule has 4 aliphatic rings. The number of hydrogen-bond donors (Lipinski definition) is 1. The second-order valence-corrected chi connectivity index (χ2v) is 6.37. The number of rotatable bonds is 1. The number of piperidine rings is 1. The van der Waals surface area contributed by atoms with Crippen molar-refractivity contribution < 1.29 is 4.79 Å². The third kappa shape index (κ3) is 1.63. The van der Waals surface area contributed by atoms with Crippen LogP contribution >= 0.6 is 0 Å². The van der Waals surface area contributed by atoms with Crippen molar-refractivity contribution in [3.63, 3.8) is 0 Å². The van der Waals surface area contributed by atoms with E-state index in [9.17, 15) is 4.79 Å². The number of para-hydroxylation sites is 1. The van der Waals surface area contributed by atoms with Crippen LogP contribution in [0.5, 0.6) is 0 Å². The van der Waals surface area contributed by atoms with E-state index in [2.05, 4.69) is 10.4 Å². The summed E-state index contributed by atoms with van der Waals surface area (Å²) in [5.41, 5.74) is 2.69. The highest BCUT2D eigenvalue weighted by molar-refractivity contribution is 6.47. The van der Waals surface area contributed by atoms with Crippen molar-refractivity contribution >= 4 is 17.3 Å². The van der Waals surface area contributed by atoms with Gasteiger partial charge in [0.15, 0.2) is 11.4 Å². The van der Waals surface area contributed by atoms with Crippen molar-refractivity contribution in [2.24, 2.45) is 5.10 Å². The molecule has 1 amide bonds. The van der Waals surface area contributed by atoms with Gasteiger partial charge < -0.3 is 10.2 Å². The van der Waals surface area contributed by atoms with E-state index in [1.807, 2.05) is 43.3 Å². The Hall–Kier alpha value is -1.72. The highest BCUT2D eigenvalue weighted by Gasteiger charge is 2.43. The molecule has 3 fully saturated rings. The summed E-state index contributed by atoms with van der Waals surface area (Å²) in [7, 11) is 4.02. The number of benzene rings is 1. The van der Waals surface area contributed by atoms with E-state index in [-0.39, 0.29) is 5.91 Å². The van der Waals surface area contributed by atoms with Crippen molar-refractivity contribution in [1.82, 2.24) is 14.8 Å². The molecule has 4 aliphatic heterocycles. The van der Waals surface area contributed by atoms with Gasteiger partial charge in [0.25, 0.3) is 5.91 Å². The molecular weight excluding hydrogens is 252 g/mol. The van der Waals surface area contributed by atoms with Crippen LogP contribution in [0.1, 0.15) is 12.0 Å². The lowest BCUT2D eigenvalue weighted by Gasteiger charge is -2.48. The lowest BCUT2D eigenvalue weighted by atomic mass is 9.91. The molecule has 2 atom stereocenters. The minimum Gasteiger partial charge on any atom is -0.334 e. The first-order valence-corrected chi connectivity index (χ1v) is 7.14. The molecule has 2 unspecified atom stereocenters. The molecule has 3 saturated heterocycles. The molecule has 20 heavy (non-hydrogen) atoms. The Morgan fingerprint density at radius 1 is 1.30 bits per heavy atom. The average molecular weight is 271 g/mol. The van der Waals surface area contributed by atoms with Crippen LogP contribution in [0.3, 0.4) is 0 Å². The summed E-state index contributed by atoms with van der Waals surface area (Å²) in [5.74, 6) is 0.0809. The Labute approximate surface area is 118 Å². The van der Waals surface area contributed by atoms with Crippen LogP contribution in [0.4, 0.5) is 5.69 Å². The van der Waals surface area contributed by atoms with Gasteiger partial charge in [-0.25, -0.2) is 0 Å². The number of quaternary nitrogens is 1. The molecule has 5 rings (SSSR count). The van der Waals surface area contributed by atoms with Gasteiger partial charge in [0, 0.05) is 31.2 Å². The van der Waals surface area contributed by atoms with Crippen LogP contribution in [0.25, 0.3) is 0 Å². The molecule has 0 saturated carbocycles. The van der Waals surface area contributed by atoms with E-state index in [0.717, 1.165) is 24.3 Å². The second-order valence-electron chi connectivity index (χ2n) is 6.37. The summed E-state index contributed by atoms with van der Waals surface area (Å²) in [6.07, 6.45) is 1.20. The smallest absolute Gasteiger partial charge is 0.278 e. The van der Waals surface area contributed by atoms with Gasteiger partial charge >= 0.3 is 0 Å². The predicted molar refractivity (Wildman–Crippen MR) is 78.5 cm³/mol. The first-order valence-electron chi connectivity index (χ1n) is 7.14. The van der Waals surface area contributed by atoms with Crippen LogP contribution < -0.4 is 9.91 Å². The SMILES string of the molecule is C[N+]1(C)N=C(C(=O)N2CC3CC(C2)N3)c2ccccc21. The second kappa shape index (κ2) is 3.90. The standard InChI is InChI=1S/C15H19N4O/c1-19(2)13-6-4-3-5-12(13)14(17-19)15(20)18-8-10-7-11(9-18)16-10/h3-6,10-11,16H,7-9H2,1-2H3/q+1. The van der Waals surface area contributed by atoms with Gasteiger partial charge in [0.1, 0.15) is 0 Å². The minimum absolute atomic E-state index is 0.0809. The van der Waals surface area contributed by atoms with E-state index in [1.165, 1.54) is 6.42 Å². The Morgan fingerprint density at radius 2 is 1.95 bits per heavy atom. The van der Waals surface area contributed by atoms with Crippen LogP contribution in [0, 0.1) is 0 Å². The fourth-order valence-corrected chi connectivity index (χ4v) is 3.50. The predicted octanol–water partition coefficient (Wildman–Crippen LogP) is 0.544. The van der Waals surface area contributed by atoms with Crippen LogP contribution in [0.15, 0.2) is 29.4 Å². The number of piperazine rings is 1. The number of hydrogen-bond acceptors (Lipinski definition) is 3. The van der Waals surface area contributed by atoms with Gasteiger partial charge in [-0.2, -0.15) is 4.59 Å². The van der Waals surface area contributed by atoms with Crippen molar-refractivity contribution in [3.8, 4) is 0 Å². The molecule has 2 bridgehead atoms. The largest absolute Gasteiger partial charge is 0.334 e. The van der Waals surface area contributed by atoms with Gasteiger partial charge in [0.05, 0.1) is 19.7 Å². The first kappa shape index (κ1) is 12.1. The zero-order valence-electron chi connectivity index (χ0n) is 11.8. The van der Waals surface area contributed by atoms with E-state index < -0.39 is 0 Å². The molecule has 104 valence electrons. The number of nitrogens with one attached hydrogen (secondary N) is 1. The fraction of sp³-hybridized carbons (Fsp3) is 0.467. The molecule has 1 N–H and O–H groups in total. The Kier molecular flexibility index (Phi) is 2.35. The maximum absolute atomic E-state index is 12.8. The minimum atomic E-state index is 0.0809. The molecular formula is C15H19N4O+. The fourth-order valence-electron chi connectivity index (χ4n) is 3.50. The summed E-state index contributed by atoms with van der Waals surface area (Å²) in [4.78, 5) is 14.7. The summed E-state index contributed by atoms with van der Waals surface area (Å²) < 4.78 is 0.399. The summed E-state index contributed by atoms with van der Waals surface area (Å²) in [6, 6.07) is 9.00. The summed E-state index contributed by atoms with van der Waals surface area (Å²) in [5, 5.41) is 8.10. The summed E-state index contributed by atoms with van der Waals surface area (Å²) >= 11 is 0.